The Labute approximate surface area is 140 Å². The number of nitrogens with two attached hydrogens (primary N) is 1. The second kappa shape index (κ2) is 5.58. The number of oxazole rings is 1. The molecule has 2 atom stereocenters. The predicted octanol–water partition coefficient (Wildman–Crippen LogP) is 3.26. The van der Waals surface area contributed by atoms with E-state index in [-0.39, 0.29) is 16.7 Å². The van der Waals surface area contributed by atoms with Gasteiger partial charge in [0.1, 0.15) is 6.26 Å². The molecule has 4 rings (SSSR count). The summed E-state index contributed by atoms with van der Waals surface area (Å²) in [5, 5.41) is 5.33. The molecule has 1 aliphatic carbocycles. The van der Waals surface area contributed by atoms with Crippen molar-refractivity contribution in [3.63, 3.8) is 0 Å². The molecule has 0 bridgehead atoms. The van der Waals surface area contributed by atoms with Crippen LogP contribution in [0, 0.1) is 0 Å². The second-order valence-electron chi connectivity index (χ2n) is 5.98. The average molecular weight is 340 g/mol. The van der Waals surface area contributed by atoms with Gasteiger partial charge >= 0.3 is 0 Å². The van der Waals surface area contributed by atoms with Crippen LogP contribution in [0.2, 0.25) is 0 Å². The fourth-order valence-electron chi connectivity index (χ4n) is 3.08. The highest BCUT2D eigenvalue weighted by molar-refractivity contribution is 7.89. The molecule has 2 N–H and O–H groups in total. The molecule has 6 heteroatoms. The van der Waals surface area contributed by atoms with E-state index in [1.165, 1.54) is 0 Å². The topological polar surface area (TPSA) is 86.2 Å². The third kappa shape index (κ3) is 2.74. The van der Waals surface area contributed by atoms with Crippen LogP contribution in [0.5, 0.6) is 0 Å². The Morgan fingerprint density at radius 1 is 1.00 bits per heavy atom. The van der Waals surface area contributed by atoms with Gasteiger partial charge in [-0.1, -0.05) is 36.4 Å². The molecule has 1 saturated carbocycles. The Bertz CT molecular complexity index is 980. The summed E-state index contributed by atoms with van der Waals surface area (Å²) in [7, 11) is -3.73. The number of aromatic nitrogens is 1. The van der Waals surface area contributed by atoms with Crippen molar-refractivity contribution in [2.75, 3.05) is 0 Å². The maximum absolute atomic E-state index is 11.8. The highest BCUT2D eigenvalue weighted by Gasteiger charge is 2.43. The zero-order valence-electron chi connectivity index (χ0n) is 12.8. The van der Waals surface area contributed by atoms with Crippen molar-refractivity contribution < 1.29 is 12.8 Å². The van der Waals surface area contributed by atoms with Gasteiger partial charge in [-0.15, -0.1) is 0 Å². The van der Waals surface area contributed by atoms with E-state index in [1.54, 1.807) is 18.4 Å². The summed E-state index contributed by atoms with van der Waals surface area (Å²) >= 11 is 0. The predicted molar refractivity (Wildman–Crippen MR) is 89.9 cm³/mol. The van der Waals surface area contributed by atoms with Crippen LogP contribution >= 0.6 is 0 Å². The highest BCUT2D eigenvalue weighted by Crippen LogP contribution is 2.55. The minimum Gasteiger partial charge on any atom is -0.444 e. The molecule has 1 fully saturated rings. The smallest absolute Gasteiger partial charge is 0.238 e. The molecular formula is C18H16N2O3S. The van der Waals surface area contributed by atoms with Gasteiger partial charge < -0.3 is 4.42 Å². The Morgan fingerprint density at radius 2 is 1.71 bits per heavy atom. The zero-order chi connectivity index (χ0) is 16.7. The van der Waals surface area contributed by atoms with E-state index in [0.717, 1.165) is 23.2 Å². The van der Waals surface area contributed by atoms with Crippen LogP contribution < -0.4 is 5.14 Å². The number of hydrogen-bond acceptors (Lipinski definition) is 4. The van der Waals surface area contributed by atoms with Crippen LogP contribution in [0.3, 0.4) is 0 Å². The van der Waals surface area contributed by atoms with Crippen LogP contribution in [0.15, 0.2) is 70.2 Å². The molecule has 1 aliphatic rings. The minimum atomic E-state index is -3.73. The van der Waals surface area contributed by atoms with E-state index in [1.807, 2.05) is 42.5 Å². The lowest BCUT2D eigenvalue weighted by molar-refractivity contribution is 0.572. The van der Waals surface area contributed by atoms with Crippen molar-refractivity contribution >= 4 is 10.0 Å². The van der Waals surface area contributed by atoms with E-state index in [9.17, 15) is 8.42 Å². The molecule has 3 aromatic rings. The van der Waals surface area contributed by atoms with Gasteiger partial charge in [0.05, 0.1) is 10.6 Å². The van der Waals surface area contributed by atoms with Crippen molar-refractivity contribution in [2.24, 2.45) is 5.14 Å². The van der Waals surface area contributed by atoms with Gasteiger partial charge in [0.25, 0.3) is 0 Å². The third-order valence-corrected chi connectivity index (χ3v) is 5.32. The molecule has 0 aliphatic heterocycles. The van der Waals surface area contributed by atoms with E-state index >= 15 is 0 Å². The van der Waals surface area contributed by atoms with Gasteiger partial charge in [0, 0.05) is 11.5 Å². The third-order valence-electron chi connectivity index (χ3n) is 4.34. The van der Waals surface area contributed by atoms with Gasteiger partial charge in [0.15, 0.2) is 0 Å². The van der Waals surface area contributed by atoms with Crippen LogP contribution in [-0.4, -0.2) is 13.4 Å². The van der Waals surface area contributed by atoms with Crippen molar-refractivity contribution in [1.82, 2.24) is 4.98 Å². The van der Waals surface area contributed by atoms with Gasteiger partial charge in [-0.25, -0.2) is 18.5 Å². The zero-order valence-corrected chi connectivity index (χ0v) is 13.6. The molecular weight excluding hydrogens is 324 g/mol. The van der Waals surface area contributed by atoms with Gasteiger partial charge in [-0.3, -0.25) is 0 Å². The van der Waals surface area contributed by atoms with Crippen LogP contribution in [0.4, 0.5) is 0 Å². The molecule has 2 unspecified atom stereocenters. The molecule has 5 nitrogen and oxygen atoms in total. The number of hydrogen-bond donors (Lipinski definition) is 1. The summed E-state index contributed by atoms with van der Waals surface area (Å²) in [6.45, 7) is 0. The van der Waals surface area contributed by atoms with Crippen LogP contribution in [-0.2, 0) is 10.0 Å². The number of primary sulfonamides is 1. The molecule has 0 radical (unpaired) electrons. The lowest BCUT2D eigenvalue weighted by Gasteiger charge is -2.06. The Morgan fingerprint density at radius 3 is 2.46 bits per heavy atom. The first-order valence-electron chi connectivity index (χ1n) is 7.66. The number of nitrogens with zero attached hydrogens (tertiary/aromatic N) is 1. The van der Waals surface area contributed by atoms with Crippen molar-refractivity contribution in [1.29, 1.82) is 0 Å². The number of benzene rings is 2. The molecule has 1 heterocycles. The van der Waals surface area contributed by atoms with Crippen molar-refractivity contribution in [3.8, 4) is 11.5 Å². The largest absolute Gasteiger partial charge is 0.444 e. The Kier molecular flexibility index (Phi) is 3.51. The minimum absolute atomic E-state index is 0.105. The first kappa shape index (κ1) is 15.1. The first-order valence-corrected chi connectivity index (χ1v) is 9.21. The summed E-state index contributed by atoms with van der Waals surface area (Å²) < 4.78 is 29.1. The Hall–Kier alpha value is -2.44. The van der Waals surface area contributed by atoms with Gasteiger partial charge in [-0.2, -0.15) is 0 Å². The molecule has 122 valence electrons. The van der Waals surface area contributed by atoms with E-state index < -0.39 is 10.0 Å². The summed E-state index contributed by atoms with van der Waals surface area (Å²) in [6.07, 6.45) is 2.50. The summed E-state index contributed by atoms with van der Waals surface area (Å²) in [4.78, 5) is 4.76. The monoisotopic (exact) mass is 340 g/mol. The lowest BCUT2D eigenvalue weighted by atomic mass is 10.1. The SMILES string of the molecule is NS(=O)(=O)c1ccccc1C1CC1c1coc(-c2ccccc2)n1. The molecule has 2 aromatic carbocycles. The summed E-state index contributed by atoms with van der Waals surface area (Å²) in [6, 6.07) is 16.6. The van der Waals surface area contributed by atoms with Gasteiger partial charge in [-0.05, 0) is 36.1 Å². The fourth-order valence-corrected chi connectivity index (χ4v) is 3.90. The molecule has 24 heavy (non-hydrogen) atoms. The Balaban J connectivity index is 1.61. The average Bonchev–Trinajstić information content (AvgIpc) is 3.23. The normalized spacial score (nSPS) is 20.0. The highest BCUT2D eigenvalue weighted by atomic mass is 32.2. The second-order valence-corrected chi connectivity index (χ2v) is 7.50. The van der Waals surface area contributed by atoms with Crippen LogP contribution in [0.25, 0.3) is 11.5 Å². The molecule has 1 aromatic heterocycles. The molecule has 0 amide bonds. The number of sulfonamides is 1. The molecule has 0 spiro atoms. The van der Waals surface area contributed by atoms with E-state index in [4.69, 9.17) is 9.56 Å². The quantitative estimate of drug-likeness (QED) is 0.790. The maximum Gasteiger partial charge on any atom is 0.238 e. The standard InChI is InChI=1S/C18H16N2O3S/c19-24(21,22)17-9-5-4-8-13(17)14-10-15(14)16-11-23-18(20-16)12-6-2-1-3-7-12/h1-9,11,14-15H,10H2,(H2,19,21,22). The van der Waals surface area contributed by atoms with Crippen LogP contribution in [0.1, 0.15) is 29.5 Å². The lowest BCUT2D eigenvalue weighted by Crippen LogP contribution is -2.14. The van der Waals surface area contributed by atoms with Gasteiger partial charge in [0.2, 0.25) is 15.9 Å². The maximum atomic E-state index is 11.8. The van der Waals surface area contributed by atoms with E-state index in [2.05, 4.69) is 4.98 Å². The summed E-state index contributed by atoms with van der Waals surface area (Å²) in [5.41, 5.74) is 2.53. The van der Waals surface area contributed by atoms with Crippen molar-refractivity contribution in [2.45, 2.75) is 23.2 Å². The van der Waals surface area contributed by atoms with E-state index in [0.29, 0.717) is 5.89 Å². The first-order chi connectivity index (χ1) is 11.5. The van der Waals surface area contributed by atoms with Crippen molar-refractivity contribution in [3.05, 3.63) is 72.1 Å². The number of rotatable bonds is 4. The molecule has 0 saturated heterocycles. The fraction of sp³-hybridized carbons (Fsp3) is 0.167. The summed E-state index contributed by atoms with van der Waals surface area (Å²) in [5.74, 6) is 0.846.